The first-order chi connectivity index (χ1) is 9.35. The number of carbonyl (C=O) groups excluding carboxylic acids is 2. The van der Waals surface area contributed by atoms with Gasteiger partial charge in [-0.3, -0.25) is 9.69 Å². The predicted molar refractivity (Wildman–Crippen MR) is 79.6 cm³/mol. The molecule has 1 aliphatic heterocycles. The van der Waals surface area contributed by atoms with Crippen LogP contribution in [-0.4, -0.2) is 35.0 Å². The van der Waals surface area contributed by atoms with Crippen molar-refractivity contribution < 1.29 is 14.3 Å². The van der Waals surface area contributed by atoms with Crippen LogP contribution in [-0.2, 0) is 9.53 Å². The lowest BCUT2D eigenvalue weighted by molar-refractivity contribution is -0.123. The number of nitrogens with zero attached hydrogens (tertiary/aromatic N) is 1. The summed E-state index contributed by atoms with van der Waals surface area (Å²) in [7, 11) is 0. The lowest BCUT2D eigenvalue weighted by atomic mass is 10.0. The molecule has 1 heterocycles. The van der Waals surface area contributed by atoms with Crippen molar-refractivity contribution in [2.75, 3.05) is 6.54 Å². The zero-order valence-electron chi connectivity index (χ0n) is 13.0. The SMILES string of the molecule is C=CCCCCC(=O)C1CCCN1C(=O)OC(C)(C)C. The third-order valence-corrected chi connectivity index (χ3v) is 3.33. The summed E-state index contributed by atoms with van der Waals surface area (Å²) in [6.07, 6.45) is 6.47. The third kappa shape index (κ3) is 5.35. The average Bonchev–Trinajstić information content (AvgIpc) is 2.81. The van der Waals surface area contributed by atoms with E-state index >= 15 is 0 Å². The first kappa shape index (κ1) is 16.7. The average molecular weight is 281 g/mol. The van der Waals surface area contributed by atoms with Gasteiger partial charge in [0.25, 0.3) is 0 Å². The van der Waals surface area contributed by atoms with Gasteiger partial charge >= 0.3 is 6.09 Å². The van der Waals surface area contributed by atoms with E-state index in [0.29, 0.717) is 13.0 Å². The molecule has 1 saturated heterocycles. The van der Waals surface area contributed by atoms with E-state index in [4.69, 9.17) is 4.74 Å². The summed E-state index contributed by atoms with van der Waals surface area (Å²) in [6, 6.07) is -0.284. The van der Waals surface area contributed by atoms with Crippen molar-refractivity contribution in [3.63, 3.8) is 0 Å². The summed E-state index contributed by atoms with van der Waals surface area (Å²) in [5.74, 6) is 0.164. The third-order valence-electron chi connectivity index (χ3n) is 3.33. The van der Waals surface area contributed by atoms with Gasteiger partial charge in [0, 0.05) is 13.0 Å². The van der Waals surface area contributed by atoms with Crippen molar-refractivity contribution in [1.29, 1.82) is 0 Å². The van der Waals surface area contributed by atoms with Crippen LogP contribution in [0.2, 0.25) is 0 Å². The number of rotatable bonds is 6. The van der Waals surface area contributed by atoms with E-state index in [9.17, 15) is 9.59 Å². The zero-order valence-corrected chi connectivity index (χ0v) is 13.0. The fraction of sp³-hybridized carbons (Fsp3) is 0.750. The molecule has 114 valence electrons. The maximum atomic E-state index is 12.2. The minimum atomic E-state index is -0.517. The quantitative estimate of drug-likeness (QED) is 0.551. The molecule has 0 aromatic heterocycles. The van der Waals surface area contributed by atoms with Crippen molar-refractivity contribution in [3.05, 3.63) is 12.7 Å². The number of unbranched alkanes of at least 4 members (excludes halogenated alkanes) is 2. The molecule has 1 unspecified atom stereocenters. The lowest BCUT2D eigenvalue weighted by Crippen LogP contribution is -2.43. The second kappa shape index (κ2) is 7.46. The fourth-order valence-corrected chi connectivity index (χ4v) is 2.40. The molecule has 0 spiro atoms. The van der Waals surface area contributed by atoms with Crippen molar-refractivity contribution in [2.45, 2.75) is 70.9 Å². The fourth-order valence-electron chi connectivity index (χ4n) is 2.40. The molecule has 0 bridgehead atoms. The van der Waals surface area contributed by atoms with Gasteiger partial charge in [-0.25, -0.2) is 4.79 Å². The Morgan fingerprint density at radius 2 is 2.05 bits per heavy atom. The second-order valence-electron chi connectivity index (χ2n) is 6.33. The second-order valence-corrected chi connectivity index (χ2v) is 6.33. The Bertz CT molecular complexity index is 357. The maximum Gasteiger partial charge on any atom is 0.410 e. The number of amides is 1. The first-order valence-electron chi connectivity index (χ1n) is 7.48. The topological polar surface area (TPSA) is 46.6 Å². The molecule has 4 heteroatoms. The Hall–Kier alpha value is -1.32. The van der Waals surface area contributed by atoms with Gasteiger partial charge in [0.15, 0.2) is 5.78 Å². The normalized spacial score (nSPS) is 18.9. The molecule has 0 saturated carbocycles. The van der Waals surface area contributed by atoms with Crippen LogP contribution in [0, 0.1) is 0 Å². The van der Waals surface area contributed by atoms with Crippen LogP contribution in [0.1, 0.15) is 59.3 Å². The summed E-state index contributed by atoms with van der Waals surface area (Å²) >= 11 is 0. The Balaban J connectivity index is 2.49. The number of Topliss-reactive ketones (excluding diaryl/α,β-unsaturated/α-hetero) is 1. The highest BCUT2D eigenvalue weighted by molar-refractivity contribution is 5.87. The molecular weight excluding hydrogens is 254 g/mol. The van der Waals surface area contributed by atoms with E-state index in [1.165, 1.54) is 0 Å². The number of ether oxygens (including phenoxy) is 1. The molecule has 0 N–H and O–H groups in total. The number of carbonyl (C=O) groups is 2. The van der Waals surface area contributed by atoms with Gasteiger partial charge in [-0.2, -0.15) is 0 Å². The van der Waals surface area contributed by atoms with Crippen LogP contribution in [0.5, 0.6) is 0 Å². The molecular formula is C16H27NO3. The molecule has 0 aliphatic carbocycles. The number of allylic oxidation sites excluding steroid dienone is 1. The summed E-state index contributed by atoms with van der Waals surface area (Å²) < 4.78 is 5.37. The smallest absolute Gasteiger partial charge is 0.410 e. The number of hydrogen-bond acceptors (Lipinski definition) is 3. The van der Waals surface area contributed by atoms with Gasteiger partial charge in [0.05, 0.1) is 6.04 Å². The summed E-state index contributed by atoms with van der Waals surface area (Å²) in [5, 5.41) is 0. The molecule has 1 fully saturated rings. The maximum absolute atomic E-state index is 12.2. The zero-order chi connectivity index (χ0) is 15.2. The van der Waals surface area contributed by atoms with Crippen molar-refractivity contribution >= 4 is 11.9 Å². The van der Waals surface area contributed by atoms with Crippen LogP contribution in [0.15, 0.2) is 12.7 Å². The van der Waals surface area contributed by atoms with E-state index in [1.807, 2.05) is 26.8 Å². The first-order valence-corrected chi connectivity index (χ1v) is 7.48. The number of ketones is 1. The summed E-state index contributed by atoms with van der Waals surface area (Å²) in [6.45, 7) is 9.81. The van der Waals surface area contributed by atoms with Crippen molar-refractivity contribution in [2.24, 2.45) is 0 Å². The minimum absolute atomic E-state index is 0.164. The molecule has 0 aromatic carbocycles. The minimum Gasteiger partial charge on any atom is -0.444 e. The van der Waals surface area contributed by atoms with Crippen LogP contribution >= 0.6 is 0 Å². The van der Waals surface area contributed by atoms with Crippen molar-refractivity contribution in [1.82, 2.24) is 4.90 Å². The summed E-state index contributed by atoms with van der Waals surface area (Å²) in [4.78, 5) is 25.9. The molecule has 1 amide bonds. The van der Waals surface area contributed by atoms with Gasteiger partial charge < -0.3 is 4.74 Å². The molecule has 4 nitrogen and oxygen atoms in total. The highest BCUT2D eigenvalue weighted by Crippen LogP contribution is 2.23. The number of likely N-dealkylation sites (tertiary alicyclic amines) is 1. The van der Waals surface area contributed by atoms with E-state index in [2.05, 4.69) is 6.58 Å². The van der Waals surface area contributed by atoms with Crippen molar-refractivity contribution in [3.8, 4) is 0 Å². The Morgan fingerprint density at radius 3 is 2.65 bits per heavy atom. The van der Waals surface area contributed by atoms with Gasteiger partial charge in [0.1, 0.15) is 5.60 Å². The van der Waals surface area contributed by atoms with Crippen LogP contribution in [0.3, 0.4) is 0 Å². The van der Waals surface area contributed by atoms with E-state index in [0.717, 1.165) is 32.1 Å². The highest BCUT2D eigenvalue weighted by atomic mass is 16.6. The van der Waals surface area contributed by atoms with Gasteiger partial charge in [-0.15, -0.1) is 6.58 Å². The Morgan fingerprint density at radius 1 is 1.35 bits per heavy atom. The molecule has 0 radical (unpaired) electrons. The van der Waals surface area contributed by atoms with Gasteiger partial charge in [-0.05, 0) is 52.9 Å². The lowest BCUT2D eigenvalue weighted by Gasteiger charge is -2.28. The monoisotopic (exact) mass is 281 g/mol. The van der Waals surface area contributed by atoms with Gasteiger partial charge in [0.2, 0.25) is 0 Å². The Kier molecular flexibility index (Phi) is 6.24. The van der Waals surface area contributed by atoms with Crippen LogP contribution in [0.4, 0.5) is 4.79 Å². The van der Waals surface area contributed by atoms with Gasteiger partial charge in [-0.1, -0.05) is 6.08 Å². The van der Waals surface area contributed by atoms with Crippen LogP contribution in [0.25, 0.3) is 0 Å². The van der Waals surface area contributed by atoms with E-state index < -0.39 is 5.60 Å². The summed E-state index contributed by atoms with van der Waals surface area (Å²) in [5.41, 5.74) is -0.517. The highest BCUT2D eigenvalue weighted by Gasteiger charge is 2.35. The van der Waals surface area contributed by atoms with Crippen LogP contribution < -0.4 is 0 Å². The van der Waals surface area contributed by atoms with E-state index in [1.54, 1.807) is 4.90 Å². The standard InChI is InChI=1S/C16H27NO3/c1-5-6-7-8-11-14(18)13-10-9-12-17(13)15(19)20-16(2,3)4/h5,13H,1,6-12H2,2-4H3. The molecule has 1 aliphatic rings. The predicted octanol–water partition coefficient (Wildman–Crippen LogP) is 3.70. The molecule has 1 rings (SSSR count). The largest absolute Gasteiger partial charge is 0.444 e. The number of hydrogen-bond donors (Lipinski definition) is 0. The van der Waals surface area contributed by atoms with E-state index in [-0.39, 0.29) is 17.9 Å². The Labute approximate surface area is 122 Å². The molecule has 1 atom stereocenters. The molecule has 0 aromatic rings. The molecule has 20 heavy (non-hydrogen) atoms.